The molecular weight excluding hydrogens is 542 g/mol. The van der Waals surface area contributed by atoms with Gasteiger partial charge in [0.1, 0.15) is 24.1 Å². The van der Waals surface area contributed by atoms with Crippen molar-refractivity contribution in [3.05, 3.63) is 84.4 Å². The highest BCUT2D eigenvalue weighted by atomic mass is 32.2. The van der Waals surface area contributed by atoms with Gasteiger partial charge in [0.25, 0.3) is 10.0 Å². The van der Waals surface area contributed by atoms with Gasteiger partial charge in [-0.1, -0.05) is 49.4 Å². The maximum atomic E-state index is 14.1. The molecule has 0 unspecified atom stereocenters. The van der Waals surface area contributed by atoms with E-state index in [4.69, 9.17) is 9.47 Å². The number of benzene rings is 3. The molecule has 2 atom stereocenters. The molecule has 0 aliphatic rings. The number of ether oxygens (including phenoxy) is 2. The minimum absolute atomic E-state index is 0.0309. The zero-order valence-electron chi connectivity index (χ0n) is 24.2. The molecule has 0 aliphatic heterocycles. The number of carbonyl (C=O) groups excluding carboxylic acids is 2. The molecule has 2 amide bonds. The van der Waals surface area contributed by atoms with Crippen LogP contribution in [0.1, 0.15) is 39.7 Å². The molecule has 10 heteroatoms. The molecule has 1 N–H and O–H groups in total. The SMILES string of the molecule is CCOc1ccccc1N(CC(=O)N(Cc1ccc(OC)cc1)[C@H](C)C(=O)N[C@@H](C)CC)S(=O)(=O)c1ccccc1. The van der Waals surface area contributed by atoms with Gasteiger partial charge in [0.2, 0.25) is 11.8 Å². The van der Waals surface area contributed by atoms with Crippen molar-refractivity contribution >= 4 is 27.5 Å². The molecule has 0 heterocycles. The van der Waals surface area contributed by atoms with Gasteiger partial charge in [0.05, 0.1) is 24.3 Å². The predicted octanol–water partition coefficient (Wildman–Crippen LogP) is 4.62. The van der Waals surface area contributed by atoms with Crippen molar-refractivity contribution < 1.29 is 27.5 Å². The first-order valence-electron chi connectivity index (χ1n) is 13.6. The summed E-state index contributed by atoms with van der Waals surface area (Å²) in [7, 11) is -2.62. The fourth-order valence-corrected chi connectivity index (χ4v) is 5.60. The Kier molecular flexibility index (Phi) is 11.2. The third-order valence-electron chi connectivity index (χ3n) is 6.72. The van der Waals surface area contributed by atoms with Gasteiger partial charge in [-0.05, 0) is 69.2 Å². The largest absolute Gasteiger partial charge is 0.497 e. The van der Waals surface area contributed by atoms with Crippen LogP contribution in [0.25, 0.3) is 0 Å². The number of methoxy groups -OCH3 is 1. The van der Waals surface area contributed by atoms with Gasteiger partial charge in [-0.3, -0.25) is 13.9 Å². The first-order valence-corrected chi connectivity index (χ1v) is 15.1. The summed E-state index contributed by atoms with van der Waals surface area (Å²) in [4.78, 5) is 28.7. The number of sulfonamides is 1. The Balaban J connectivity index is 2.05. The standard InChI is InChI=1S/C31H39N3O6S/c1-6-23(3)32-31(36)24(4)33(21-25-17-19-26(39-5)20-18-25)30(35)22-34(28-15-11-12-16-29(28)40-7-2)41(37,38)27-13-9-8-10-14-27/h8-20,23-24H,6-7,21-22H2,1-5H3,(H,32,36)/t23-,24+/m0/s1. The Bertz CT molecular complexity index is 1400. The van der Waals surface area contributed by atoms with Crippen molar-refractivity contribution in [3.8, 4) is 11.5 Å². The quantitative estimate of drug-likeness (QED) is 0.298. The van der Waals surface area contributed by atoms with Crippen LogP contribution in [0.2, 0.25) is 0 Å². The van der Waals surface area contributed by atoms with Crippen molar-refractivity contribution in [1.82, 2.24) is 10.2 Å². The van der Waals surface area contributed by atoms with Gasteiger partial charge in [-0.15, -0.1) is 0 Å². The number of hydrogen-bond donors (Lipinski definition) is 1. The van der Waals surface area contributed by atoms with Crippen LogP contribution in [0.4, 0.5) is 5.69 Å². The zero-order valence-corrected chi connectivity index (χ0v) is 25.1. The summed E-state index contributed by atoms with van der Waals surface area (Å²) < 4.78 is 40.0. The van der Waals surface area contributed by atoms with Crippen LogP contribution in [-0.4, -0.2) is 57.5 Å². The van der Waals surface area contributed by atoms with Crippen molar-refractivity contribution in [2.45, 2.75) is 57.6 Å². The number of para-hydroxylation sites is 2. The Labute approximate surface area is 243 Å². The summed E-state index contributed by atoms with van der Waals surface area (Å²) in [5.74, 6) is 0.111. The monoisotopic (exact) mass is 581 g/mol. The van der Waals surface area contributed by atoms with Crippen molar-refractivity contribution in [2.24, 2.45) is 0 Å². The van der Waals surface area contributed by atoms with E-state index in [0.717, 1.165) is 16.3 Å². The van der Waals surface area contributed by atoms with Crippen LogP contribution in [-0.2, 0) is 26.2 Å². The van der Waals surface area contributed by atoms with Crippen LogP contribution in [0.15, 0.2) is 83.8 Å². The number of rotatable bonds is 14. The lowest BCUT2D eigenvalue weighted by Gasteiger charge is -2.33. The number of amides is 2. The van der Waals surface area contributed by atoms with Crippen LogP contribution >= 0.6 is 0 Å². The molecule has 0 saturated heterocycles. The van der Waals surface area contributed by atoms with Gasteiger partial charge >= 0.3 is 0 Å². The smallest absolute Gasteiger partial charge is 0.264 e. The summed E-state index contributed by atoms with van der Waals surface area (Å²) in [5, 5.41) is 2.93. The van der Waals surface area contributed by atoms with Crippen molar-refractivity contribution in [2.75, 3.05) is 24.6 Å². The van der Waals surface area contributed by atoms with Crippen LogP contribution < -0.4 is 19.1 Å². The Hall–Kier alpha value is -4.05. The second-order valence-corrected chi connectivity index (χ2v) is 11.5. The maximum Gasteiger partial charge on any atom is 0.264 e. The molecule has 3 aromatic rings. The van der Waals surface area contributed by atoms with E-state index in [2.05, 4.69) is 5.32 Å². The molecule has 3 rings (SSSR count). The van der Waals surface area contributed by atoms with Crippen LogP contribution in [0.5, 0.6) is 11.5 Å². The molecule has 0 saturated carbocycles. The van der Waals surface area contributed by atoms with Crippen molar-refractivity contribution in [3.63, 3.8) is 0 Å². The molecule has 0 radical (unpaired) electrons. The summed E-state index contributed by atoms with van der Waals surface area (Å²) in [6.45, 7) is 7.13. The number of nitrogens with zero attached hydrogens (tertiary/aromatic N) is 2. The first-order chi connectivity index (χ1) is 19.6. The molecule has 0 fully saturated rings. The average Bonchev–Trinajstić information content (AvgIpc) is 2.99. The van der Waals surface area contributed by atoms with E-state index >= 15 is 0 Å². The predicted molar refractivity (Wildman–Crippen MR) is 159 cm³/mol. The van der Waals surface area contributed by atoms with Gasteiger partial charge in [-0.25, -0.2) is 8.42 Å². The molecular formula is C31H39N3O6S. The highest BCUT2D eigenvalue weighted by Gasteiger charge is 2.34. The van der Waals surface area contributed by atoms with Gasteiger partial charge in [-0.2, -0.15) is 0 Å². The number of nitrogens with one attached hydrogen (secondary N) is 1. The normalized spacial score (nSPS) is 12.6. The minimum atomic E-state index is -4.19. The molecule has 0 spiro atoms. The van der Waals surface area contributed by atoms with E-state index < -0.39 is 28.5 Å². The lowest BCUT2D eigenvalue weighted by Crippen LogP contribution is -2.52. The fourth-order valence-electron chi connectivity index (χ4n) is 4.15. The third-order valence-corrected chi connectivity index (χ3v) is 8.50. The highest BCUT2D eigenvalue weighted by molar-refractivity contribution is 7.92. The molecule has 9 nitrogen and oxygen atoms in total. The Morgan fingerprint density at radius 2 is 1.54 bits per heavy atom. The summed E-state index contributed by atoms with van der Waals surface area (Å²) in [6.07, 6.45) is 0.724. The third kappa shape index (κ3) is 8.00. The van der Waals surface area contributed by atoms with E-state index in [-0.39, 0.29) is 29.1 Å². The fraction of sp³-hybridized carbons (Fsp3) is 0.355. The lowest BCUT2D eigenvalue weighted by atomic mass is 10.1. The van der Waals surface area contributed by atoms with Crippen LogP contribution in [0, 0.1) is 0 Å². The Morgan fingerprint density at radius 3 is 2.15 bits per heavy atom. The molecule has 0 bridgehead atoms. The molecule has 3 aromatic carbocycles. The van der Waals surface area contributed by atoms with E-state index in [1.165, 1.54) is 17.0 Å². The Morgan fingerprint density at radius 1 is 0.902 bits per heavy atom. The first kappa shape index (κ1) is 31.5. The number of anilines is 1. The van der Waals surface area contributed by atoms with Crippen molar-refractivity contribution in [1.29, 1.82) is 0 Å². The van der Waals surface area contributed by atoms with E-state index in [1.807, 2.05) is 13.8 Å². The second kappa shape index (κ2) is 14.5. The molecule has 220 valence electrons. The molecule has 0 aromatic heterocycles. The van der Waals surface area contributed by atoms with E-state index in [0.29, 0.717) is 18.1 Å². The molecule has 41 heavy (non-hydrogen) atoms. The highest BCUT2D eigenvalue weighted by Crippen LogP contribution is 2.33. The molecule has 0 aliphatic carbocycles. The van der Waals surface area contributed by atoms with Gasteiger partial charge in [0, 0.05) is 12.6 Å². The number of carbonyl (C=O) groups is 2. The minimum Gasteiger partial charge on any atom is -0.497 e. The summed E-state index contributed by atoms with van der Waals surface area (Å²) >= 11 is 0. The average molecular weight is 582 g/mol. The maximum absolute atomic E-state index is 14.1. The second-order valence-electron chi connectivity index (χ2n) is 9.59. The lowest BCUT2D eigenvalue weighted by molar-refractivity contribution is -0.139. The topological polar surface area (TPSA) is 105 Å². The summed E-state index contributed by atoms with van der Waals surface area (Å²) in [6, 6.07) is 20.8. The van der Waals surface area contributed by atoms with Crippen LogP contribution in [0.3, 0.4) is 0 Å². The number of hydrogen-bond acceptors (Lipinski definition) is 6. The van der Waals surface area contributed by atoms with E-state index in [9.17, 15) is 18.0 Å². The zero-order chi connectivity index (χ0) is 30.0. The van der Waals surface area contributed by atoms with Gasteiger partial charge < -0.3 is 19.7 Å². The van der Waals surface area contributed by atoms with Gasteiger partial charge in [0.15, 0.2) is 0 Å². The summed E-state index contributed by atoms with van der Waals surface area (Å²) in [5.41, 5.74) is 0.988. The van der Waals surface area contributed by atoms with E-state index in [1.54, 1.807) is 87.7 Å².